The van der Waals surface area contributed by atoms with E-state index in [0.29, 0.717) is 16.5 Å². The molecule has 6 nitrogen and oxygen atoms in total. The van der Waals surface area contributed by atoms with E-state index >= 15 is 0 Å². The number of aromatic nitrogens is 2. The molecule has 0 unspecified atom stereocenters. The largest absolute Gasteiger partial charge is 0.483 e. The fourth-order valence-electron chi connectivity index (χ4n) is 2.37. The maximum Gasteiger partial charge on any atom is 0.277 e. The van der Waals surface area contributed by atoms with E-state index in [1.807, 2.05) is 6.92 Å². The number of rotatable bonds is 6. The zero-order valence-electron chi connectivity index (χ0n) is 14.4. The predicted molar refractivity (Wildman–Crippen MR) is 101 cm³/mol. The summed E-state index contributed by atoms with van der Waals surface area (Å²) in [6.45, 7) is 1.65. The minimum absolute atomic E-state index is 0.187. The van der Waals surface area contributed by atoms with Gasteiger partial charge in [-0.25, -0.2) is 9.82 Å². The third kappa shape index (κ3) is 4.92. The van der Waals surface area contributed by atoms with Crippen molar-refractivity contribution in [2.45, 2.75) is 6.92 Å². The Labute approximate surface area is 160 Å². The van der Waals surface area contributed by atoms with Gasteiger partial charge in [0.15, 0.2) is 6.61 Å². The molecular weight excluding hydrogens is 371 g/mol. The van der Waals surface area contributed by atoms with Crippen LogP contribution in [0.4, 0.5) is 4.39 Å². The fourth-order valence-corrected chi connectivity index (χ4v) is 2.60. The molecule has 2 aromatic carbocycles. The molecular formula is C19H16ClFN4O2. The van der Waals surface area contributed by atoms with Gasteiger partial charge in [0.25, 0.3) is 5.91 Å². The van der Waals surface area contributed by atoms with Crippen LogP contribution in [0, 0.1) is 12.7 Å². The standard InChI is InChI=1S/C19H16ClFN4O2/c1-12-8-14(20)4-7-18(12)27-11-19(26)25-23-10-17-16(9-22-24-17)13-2-5-15(21)6-3-13/h2-10H,11H2,1H3,(H,22,24)(H,25,26). The van der Waals surface area contributed by atoms with Gasteiger partial charge in [-0.3, -0.25) is 9.89 Å². The molecule has 0 radical (unpaired) electrons. The van der Waals surface area contributed by atoms with Crippen LogP contribution < -0.4 is 10.2 Å². The second kappa shape index (κ2) is 8.46. The number of hydrogen-bond donors (Lipinski definition) is 2. The van der Waals surface area contributed by atoms with E-state index in [4.69, 9.17) is 16.3 Å². The summed E-state index contributed by atoms with van der Waals surface area (Å²) in [6, 6.07) is 11.1. The lowest BCUT2D eigenvalue weighted by molar-refractivity contribution is -0.123. The highest BCUT2D eigenvalue weighted by molar-refractivity contribution is 6.30. The highest BCUT2D eigenvalue weighted by Crippen LogP contribution is 2.22. The Hall–Kier alpha value is -3.19. The van der Waals surface area contributed by atoms with Crippen LogP contribution in [0.5, 0.6) is 5.75 Å². The van der Waals surface area contributed by atoms with Gasteiger partial charge in [-0.1, -0.05) is 23.7 Å². The van der Waals surface area contributed by atoms with Crippen LogP contribution >= 0.6 is 11.6 Å². The third-order valence-electron chi connectivity index (χ3n) is 3.70. The first-order chi connectivity index (χ1) is 13.0. The Balaban J connectivity index is 1.57. The topological polar surface area (TPSA) is 79.4 Å². The Bertz CT molecular complexity index is 970. The number of halogens is 2. The van der Waals surface area contributed by atoms with Gasteiger partial charge in [-0.15, -0.1) is 0 Å². The number of aryl methyl sites for hydroxylation is 1. The Morgan fingerprint density at radius 3 is 2.85 bits per heavy atom. The van der Waals surface area contributed by atoms with Gasteiger partial charge in [0.2, 0.25) is 0 Å². The number of aromatic amines is 1. The zero-order chi connectivity index (χ0) is 19.2. The number of hydrazone groups is 1. The highest BCUT2D eigenvalue weighted by Gasteiger charge is 2.07. The number of H-pyrrole nitrogens is 1. The second-order valence-corrected chi connectivity index (χ2v) is 6.13. The molecule has 0 spiro atoms. The molecule has 1 heterocycles. The van der Waals surface area contributed by atoms with Crippen molar-refractivity contribution in [2.75, 3.05) is 6.61 Å². The van der Waals surface area contributed by atoms with Crippen molar-refractivity contribution in [3.8, 4) is 16.9 Å². The minimum atomic E-state index is -0.413. The summed E-state index contributed by atoms with van der Waals surface area (Å²) >= 11 is 5.88. The monoisotopic (exact) mass is 386 g/mol. The lowest BCUT2D eigenvalue weighted by Crippen LogP contribution is -2.24. The van der Waals surface area contributed by atoms with Crippen LogP contribution in [0.3, 0.4) is 0 Å². The predicted octanol–water partition coefficient (Wildman–Crippen LogP) is 3.71. The van der Waals surface area contributed by atoms with Crippen molar-refractivity contribution in [2.24, 2.45) is 5.10 Å². The van der Waals surface area contributed by atoms with Gasteiger partial charge in [0.1, 0.15) is 11.6 Å². The summed E-state index contributed by atoms with van der Waals surface area (Å²) in [5.41, 5.74) is 5.31. The summed E-state index contributed by atoms with van der Waals surface area (Å²) in [6.07, 6.45) is 3.03. The Morgan fingerprint density at radius 1 is 1.33 bits per heavy atom. The van der Waals surface area contributed by atoms with Crippen LogP contribution in [0.1, 0.15) is 11.3 Å². The van der Waals surface area contributed by atoms with Gasteiger partial charge in [-0.2, -0.15) is 10.2 Å². The number of hydrogen-bond acceptors (Lipinski definition) is 4. The molecule has 1 aromatic heterocycles. The van der Waals surface area contributed by atoms with Crippen molar-refractivity contribution in [1.29, 1.82) is 0 Å². The van der Waals surface area contributed by atoms with Gasteiger partial charge in [0, 0.05) is 10.6 Å². The van der Waals surface area contributed by atoms with E-state index in [0.717, 1.165) is 16.7 Å². The normalized spacial score (nSPS) is 10.9. The van der Waals surface area contributed by atoms with Crippen LogP contribution in [0.25, 0.3) is 11.1 Å². The van der Waals surface area contributed by atoms with Crippen molar-refractivity contribution >= 4 is 23.7 Å². The van der Waals surface area contributed by atoms with Crippen molar-refractivity contribution < 1.29 is 13.9 Å². The van der Waals surface area contributed by atoms with Crippen LogP contribution in [0.2, 0.25) is 5.02 Å². The van der Waals surface area contributed by atoms with E-state index in [1.165, 1.54) is 18.3 Å². The molecule has 138 valence electrons. The average Bonchev–Trinajstić information content (AvgIpc) is 3.10. The van der Waals surface area contributed by atoms with Gasteiger partial charge in [0.05, 0.1) is 18.1 Å². The molecule has 0 aliphatic heterocycles. The van der Waals surface area contributed by atoms with E-state index in [9.17, 15) is 9.18 Å². The molecule has 3 rings (SSSR count). The number of benzene rings is 2. The summed E-state index contributed by atoms with van der Waals surface area (Å²) in [7, 11) is 0. The van der Waals surface area contributed by atoms with Crippen LogP contribution in [0.15, 0.2) is 53.8 Å². The van der Waals surface area contributed by atoms with Crippen LogP contribution in [-0.2, 0) is 4.79 Å². The summed E-state index contributed by atoms with van der Waals surface area (Å²) in [5.74, 6) is -0.158. The molecule has 27 heavy (non-hydrogen) atoms. The lowest BCUT2D eigenvalue weighted by atomic mass is 10.1. The number of carbonyl (C=O) groups excluding carboxylic acids is 1. The lowest BCUT2D eigenvalue weighted by Gasteiger charge is -2.08. The third-order valence-corrected chi connectivity index (χ3v) is 3.94. The molecule has 0 aliphatic rings. The number of nitrogens with one attached hydrogen (secondary N) is 2. The first-order valence-electron chi connectivity index (χ1n) is 8.03. The number of nitrogens with zero attached hydrogens (tertiary/aromatic N) is 2. The number of ether oxygens (including phenoxy) is 1. The molecule has 1 amide bonds. The maximum atomic E-state index is 13.0. The molecule has 0 aliphatic carbocycles. The zero-order valence-corrected chi connectivity index (χ0v) is 15.1. The maximum absolute atomic E-state index is 13.0. The quantitative estimate of drug-likeness (QED) is 0.500. The molecule has 2 N–H and O–H groups in total. The molecule has 0 saturated carbocycles. The van der Waals surface area contributed by atoms with Crippen molar-refractivity contribution in [3.05, 3.63) is 70.8 Å². The van der Waals surface area contributed by atoms with Gasteiger partial charge < -0.3 is 4.74 Å². The first-order valence-corrected chi connectivity index (χ1v) is 8.41. The summed E-state index contributed by atoms with van der Waals surface area (Å²) < 4.78 is 18.5. The molecule has 0 saturated heterocycles. The van der Waals surface area contributed by atoms with E-state index < -0.39 is 5.91 Å². The smallest absolute Gasteiger partial charge is 0.277 e. The highest BCUT2D eigenvalue weighted by atomic mass is 35.5. The van der Waals surface area contributed by atoms with Crippen LogP contribution in [-0.4, -0.2) is 28.9 Å². The average molecular weight is 387 g/mol. The molecule has 0 fully saturated rings. The molecule has 0 atom stereocenters. The van der Waals surface area contributed by atoms with E-state index in [-0.39, 0.29) is 12.4 Å². The van der Waals surface area contributed by atoms with Crippen molar-refractivity contribution in [1.82, 2.24) is 15.6 Å². The second-order valence-electron chi connectivity index (χ2n) is 5.70. The SMILES string of the molecule is Cc1cc(Cl)ccc1OCC(=O)NN=Cc1[nH]ncc1-c1ccc(F)cc1. The first kappa shape index (κ1) is 18.6. The van der Waals surface area contributed by atoms with Crippen molar-refractivity contribution in [3.63, 3.8) is 0 Å². The summed E-state index contributed by atoms with van der Waals surface area (Å²) in [5, 5.41) is 11.2. The van der Waals surface area contributed by atoms with E-state index in [2.05, 4.69) is 20.7 Å². The molecule has 0 bridgehead atoms. The minimum Gasteiger partial charge on any atom is -0.483 e. The van der Waals surface area contributed by atoms with Gasteiger partial charge in [-0.05, 0) is 48.4 Å². The number of amides is 1. The fraction of sp³-hybridized carbons (Fsp3) is 0.105. The van der Waals surface area contributed by atoms with Gasteiger partial charge >= 0.3 is 0 Å². The Morgan fingerprint density at radius 2 is 2.11 bits per heavy atom. The van der Waals surface area contributed by atoms with E-state index in [1.54, 1.807) is 36.5 Å². The molecule has 3 aromatic rings. The summed E-state index contributed by atoms with van der Waals surface area (Å²) in [4.78, 5) is 11.9. The Kier molecular flexibility index (Phi) is 5.83. The number of carbonyl (C=O) groups is 1. The molecule has 8 heteroatoms.